The number of alkyl halides is 1. The minimum atomic E-state index is -0.464. The smallest absolute Gasteiger partial charge is 0.115 e. The Labute approximate surface area is 85.3 Å². The fourth-order valence-corrected chi connectivity index (χ4v) is 1.56. The predicted octanol–water partition coefficient (Wildman–Crippen LogP) is 3.37. The zero-order chi connectivity index (χ0) is 9.68. The molecule has 0 aliphatic rings. The lowest BCUT2D eigenvalue weighted by Gasteiger charge is -2.04. The highest BCUT2D eigenvalue weighted by Gasteiger charge is 2.02. The zero-order valence-electron chi connectivity index (χ0n) is 7.06. The average Bonchev–Trinajstić information content (AvgIpc) is 2.15. The third-order valence-electron chi connectivity index (χ3n) is 1.82. The van der Waals surface area contributed by atoms with E-state index in [9.17, 15) is 4.39 Å². The fraction of sp³-hybridized carbons (Fsp3) is 0.300. The van der Waals surface area contributed by atoms with Crippen molar-refractivity contribution in [3.63, 3.8) is 0 Å². The maximum atomic E-state index is 12.4. The Morgan fingerprint density at radius 1 is 1.38 bits per heavy atom. The van der Waals surface area contributed by atoms with Crippen LogP contribution in [0.25, 0.3) is 0 Å². The number of hydrogen-bond donors (Lipinski definition) is 0. The van der Waals surface area contributed by atoms with E-state index in [0.29, 0.717) is 18.4 Å². The summed E-state index contributed by atoms with van der Waals surface area (Å²) in [6.07, 6.45) is 1.05. The minimum absolute atomic E-state index is 0.434. The highest BCUT2D eigenvalue weighted by Crippen LogP contribution is 2.18. The molecule has 0 aromatic heterocycles. The first kappa shape index (κ1) is 10.2. The summed E-state index contributed by atoms with van der Waals surface area (Å²) in [4.78, 5) is 0. The van der Waals surface area contributed by atoms with Gasteiger partial charge in [0.2, 0.25) is 0 Å². The molecule has 1 rings (SSSR count). The predicted molar refractivity (Wildman–Crippen MR) is 52.9 cm³/mol. The molecule has 0 aliphatic carbocycles. The van der Waals surface area contributed by atoms with E-state index < -0.39 is 6.67 Å². The van der Waals surface area contributed by atoms with Crippen LogP contribution >= 0.6 is 15.9 Å². The van der Waals surface area contributed by atoms with Crippen molar-refractivity contribution in [1.29, 1.82) is 5.26 Å². The third kappa shape index (κ3) is 2.82. The monoisotopic (exact) mass is 241 g/mol. The second kappa shape index (κ2) is 4.98. The summed E-state index contributed by atoms with van der Waals surface area (Å²) < 4.78 is 13.4. The normalized spacial score (nSPS) is 9.62. The van der Waals surface area contributed by atoms with Crippen molar-refractivity contribution in [2.24, 2.45) is 0 Å². The van der Waals surface area contributed by atoms with Crippen LogP contribution in [0.4, 0.5) is 4.39 Å². The molecule has 0 bridgehead atoms. The van der Waals surface area contributed by atoms with Gasteiger partial charge in [-0.3, -0.25) is 0 Å². The molecule has 1 aromatic rings. The molecule has 0 amide bonds. The average molecular weight is 242 g/mol. The molecular weight excluding hydrogens is 233 g/mol. The zero-order valence-corrected chi connectivity index (χ0v) is 8.64. The van der Waals surface area contributed by atoms with Crippen LogP contribution in [0.15, 0.2) is 22.7 Å². The topological polar surface area (TPSA) is 23.8 Å². The highest BCUT2D eigenvalue weighted by molar-refractivity contribution is 9.10. The SMILES string of the molecule is N#CCCc1cc(Br)ccc1CF. The molecular formula is C10H9BrFN. The van der Waals surface area contributed by atoms with Gasteiger partial charge in [-0.15, -0.1) is 0 Å². The molecule has 1 nitrogen and oxygen atoms in total. The molecule has 0 saturated carbocycles. The second-order valence-corrected chi connectivity index (χ2v) is 3.62. The van der Waals surface area contributed by atoms with E-state index in [4.69, 9.17) is 5.26 Å². The largest absolute Gasteiger partial charge is 0.246 e. The summed E-state index contributed by atoms with van der Waals surface area (Å²) in [5.74, 6) is 0. The van der Waals surface area contributed by atoms with Crippen molar-refractivity contribution < 1.29 is 4.39 Å². The summed E-state index contributed by atoms with van der Waals surface area (Å²) in [6.45, 7) is -0.464. The Morgan fingerprint density at radius 3 is 2.77 bits per heavy atom. The first-order chi connectivity index (χ1) is 6.27. The number of rotatable bonds is 3. The Balaban J connectivity index is 2.89. The molecule has 68 valence electrons. The third-order valence-corrected chi connectivity index (χ3v) is 2.31. The molecule has 0 radical (unpaired) electrons. The van der Waals surface area contributed by atoms with Crippen molar-refractivity contribution in [2.75, 3.05) is 0 Å². The molecule has 0 N–H and O–H groups in total. The number of hydrogen-bond acceptors (Lipinski definition) is 1. The van der Waals surface area contributed by atoms with Gasteiger partial charge >= 0.3 is 0 Å². The van der Waals surface area contributed by atoms with Crippen LogP contribution in [0.1, 0.15) is 17.5 Å². The van der Waals surface area contributed by atoms with Gasteiger partial charge in [-0.1, -0.05) is 22.0 Å². The summed E-state index contributed by atoms with van der Waals surface area (Å²) >= 11 is 3.31. The van der Waals surface area contributed by atoms with E-state index in [1.165, 1.54) is 0 Å². The molecule has 0 spiro atoms. The number of nitrogens with zero attached hydrogens (tertiary/aromatic N) is 1. The van der Waals surface area contributed by atoms with Crippen LogP contribution in [0.3, 0.4) is 0 Å². The highest BCUT2D eigenvalue weighted by atomic mass is 79.9. The molecule has 0 unspecified atom stereocenters. The van der Waals surface area contributed by atoms with Crippen molar-refractivity contribution in [3.05, 3.63) is 33.8 Å². The van der Waals surface area contributed by atoms with E-state index in [-0.39, 0.29) is 0 Å². The fourth-order valence-electron chi connectivity index (χ4n) is 1.15. The van der Waals surface area contributed by atoms with Crippen molar-refractivity contribution >= 4 is 15.9 Å². The molecule has 0 saturated heterocycles. The summed E-state index contributed by atoms with van der Waals surface area (Å²) in [5, 5.41) is 8.41. The van der Waals surface area contributed by atoms with Crippen LogP contribution in [0.5, 0.6) is 0 Å². The van der Waals surface area contributed by atoms with Gasteiger partial charge in [0.1, 0.15) is 6.67 Å². The van der Waals surface area contributed by atoms with Gasteiger partial charge in [-0.25, -0.2) is 4.39 Å². The summed E-state index contributed by atoms with van der Waals surface area (Å²) in [5.41, 5.74) is 1.59. The standard InChI is InChI=1S/C10H9BrFN/c11-10-4-3-9(7-12)8(6-10)2-1-5-13/h3-4,6H,1-2,7H2. The lowest BCUT2D eigenvalue weighted by Crippen LogP contribution is -1.91. The van der Waals surface area contributed by atoms with Crippen molar-refractivity contribution in [1.82, 2.24) is 0 Å². The van der Waals surface area contributed by atoms with Crippen LogP contribution in [0, 0.1) is 11.3 Å². The lowest BCUT2D eigenvalue weighted by atomic mass is 10.0. The van der Waals surface area contributed by atoms with Gasteiger partial charge in [-0.05, 0) is 29.7 Å². The Hall–Kier alpha value is -0.880. The maximum Gasteiger partial charge on any atom is 0.115 e. The van der Waals surface area contributed by atoms with E-state index in [2.05, 4.69) is 15.9 Å². The van der Waals surface area contributed by atoms with Crippen LogP contribution < -0.4 is 0 Å². The van der Waals surface area contributed by atoms with Crippen molar-refractivity contribution in [3.8, 4) is 6.07 Å². The Morgan fingerprint density at radius 2 is 2.15 bits per heavy atom. The van der Waals surface area contributed by atoms with Gasteiger partial charge in [-0.2, -0.15) is 5.26 Å². The van der Waals surface area contributed by atoms with Gasteiger partial charge in [0.25, 0.3) is 0 Å². The lowest BCUT2D eigenvalue weighted by molar-refractivity contribution is 0.482. The molecule has 0 aliphatic heterocycles. The van der Waals surface area contributed by atoms with Gasteiger partial charge < -0.3 is 0 Å². The number of benzene rings is 1. The summed E-state index contributed by atoms with van der Waals surface area (Å²) in [7, 11) is 0. The van der Waals surface area contributed by atoms with E-state index >= 15 is 0 Å². The van der Waals surface area contributed by atoms with Gasteiger partial charge in [0.15, 0.2) is 0 Å². The maximum absolute atomic E-state index is 12.4. The second-order valence-electron chi connectivity index (χ2n) is 2.70. The van der Waals surface area contributed by atoms with Gasteiger partial charge in [0.05, 0.1) is 6.07 Å². The Bertz CT molecular complexity index is 330. The van der Waals surface area contributed by atoms with Gasteiger partial charge in [0, 0.05) is 10.9 Å². The molecule has 0 heterocycles. The molecule has 13 heavy (non-hydrogen) atoms. The van der Waals surface area contributed by atoms with Crippen LogP contribution in [-0.4, -0.2) is 0 Å². The molecule has 1 aromatic carbocycles. The quantitative estimate of drug-likeness (QED) is 0.797. The summed E-state index contributed by atoms with van der Waals surface area (Å²) in [6, 6.07) is 7.47. The first-order valence-corrected chi connectivity index (χ1v) is 4.77. The van der Waals surface area contributed by atoms with E-state index in [0.717, 1.165) is 10.0 Å². The van der Waals surface area contributed by atoms with Crippen LogP contribution in [0.2, 0.25) is 0 Å². The molecule has 3 heteroatoms. The van der Waals surface area contributed by atoms with E-state index in [1.54, 1.807) is 6.07 Å². The minimum Gasteiger partial charge on any atom is -0.246 e. The van der Waals surface area contributed by atoms with Crippen LogP contribution in [-0.2, 0) is 13.1 Å². The number of nitriles is 1. The number of aryl methyl sites for hydroxylation is 1. The molecule has 0 fully saturated rings. The number of halogens is 2. The Kier molecular flexibility index (Phi) is 3.91. The van der Waals surface area contributed by atoms with E-state index in [1.807, 2.05) is 18.2 Å². The molecule has 0 atom stereocenters. The van der Waals surface area contributed by atoms with Crippen molar-refractivity contribution in [2.45, 2.75) is 19.5 Å². The first-order valence-electron chi connectivity index (χ1n) is 3.98.